The Bertz CT molecular complexity index is 1020. The number of amides is 1. The van der Waals surface area contributed by atoms with Crippen molar-refractivity contribution in [3.63, 3.8) is 0 Å². The van der Waals surface area contributed by atoms with Crippen LogP contribution in [0.5, 0.6) is 11.5 Å². The van der Waals surface area contributed by atoms with Gasteiger partial charge in [-0.1, -0.05) is 17.7 Å². The molecule has 3 rings (SSSR count). The first kappa shape index (κ1) is 17.9. The summed E-state index contributed by atoms with van der Waals surface area (Å²) in [5.74, 6) is -0.0903. The number of fused-ring (bicyclic) bond motifs is 1. The van der Waals surface area contributed by atoms with Crippen molar-refractivity contribution < 1.29 is 19.2 Å². The molecule has 136 valence electrons. The summed E-state index contributed by atoms with van der Waals surface area (Å²) in [5.41, 5.74) is 1.97. The molecular weight excluding hydrogens is 350 g/mol. The molecule has 1 amide bonds. The Morgan fingerprint density at radius 1 is 1.26 bits per heavy atom. The second kappa shape index (κ2) is 7.17. The van der Waals surface area contributed by atoms with E-state index in [1.54, 1.807) is 12.1 Å². The highest BCUT2D eigenvalue weighted by atomic mass is 16.7. The lowest BCUT2D eigenvalue weighted by Gasteiger charge is -2.08. The molecule has 0 spiro atoms. The largest absolute Gasteiger partial charge is 0.454 e. The highest BCUT2D eigenvalue weighted by molar-refractivity contribution is 6.10. The van der Waals surface area contributed by atoms with Gasteiger partial charge in [0.15, 0.2) is 11.5 Å². The molecule has 0 radical (unpaired) electrons. The third-order valence-corrected chi connectivity index (χ3v) is 4.01. The molecule has 1 aliphatic rings. The number of carbonyl (C=O) groups excluding carboxylic acids is 1. The van der Waals surface area contributed by atoms with Crippen LogP contribution in [0.15, 0.2) is 35.9 Å². The van der Waals surface area contributed by atoms with Gasteiger partial charge in [0.25, 0.3) is 11.6 Å². The molecule has 8 nitrogen and oxygen atoms in total. The van der Waals surface area contributed by atoms with Gasteiger partial charge in [-0.25, -0.2) is 0 Å². The van der Waals surface area contributed by atoms with Gasteiger partial charge < -0.3 is 14.8 Å². The second-order valence-corrected chi connectivity index (χ2v) is 5.96. The number of nitriles is 1. The maximum Gasteiger partial charge on any atom is 0.280 e. The van der Waals surface area contributed by atoms with Crippen LogP contribution in [0.4, 0.5) is 11.4 Å². The van der Waals surface area contributed by atoms with Crippen molar-refractivity contribution in [1.82, 2.24) is 0 Å². The summed E-state index contributed by atoms with van der Waals surface area (Å²) in [5, 5.41) is 23.3. The van der Waals surface area contributed by atoms with Crippen LogP contribution in [0.3, 0.4) is 0 Å². The van der Waals surface area contributed by atoms with E-state index in [0.717, 1.165) is 11.1 Å². The van der Waals surface area contributed by atoms with Gasteiger partial charge in [-0.05, 0) is 37.6 Å². The first-order chi connectivity index (χ1) is 12.9. The molecule has 2 aromatic rings. The average Bonchev–Trinajstić information content (AvgIpc) is 3.08. The van der Waals surface area contributed by atoms with Crippen molar-refractivity contribution in [2.45, 2.75) is 13.8 Å². The molecule has 27 heavy (non-hydrogen) atoms. The van der Waals surface area contributed by atoms with Crippen LogP contribution < -0.4 is 14.8 Å². The number of hydrogen-bond donors (Lipinski definition) is 1. The van der Waals surface area contributed by atoms with Crippen molar-refractivity contribution in [3.8, 4) is 17.6 Å². The molecule has 2 aromatic carbocycles. The number of nitro benzene ring substituents is 1. The summed E-state index contributed by atoms with van der Waals surface area (Å²) >= 11 is 0. The maximum absolute atomic E-state index is 12.5. The minimum absolute atomic E-state index is 0.0437. The van der Waals surface area contributed by atoms with E-state index in [2.05, 4.69) is 5.32 Å². The van der Waals surface area contributed by atoms with E-state index in [9.17, 15) is 20.2 Å². The summed E-state index contributed by atoms with van der Waals surface area (Å²) in [6, 6.07) is 9.85. The van der Waals surface area contributed by atoms with E-state index in [0.29, 0.717) is 11.4 Å². The number of nitro groups is 1. The lowest BCUT2D eigenvalue weighted by Crippen LogP contribution is -2.14. The molecule has 0 aromatic heterocycles. The smallest absolute Gasteiger partial charge is 0.280 e. The lowest BCUT2D eigenvalue weighted by atomic mass is 10.1. The fraction of sp³-hybridized carbons (Fsp3) is 0.158. The van der Waals surface area contributed by atoms with Gasteiger partial charge >= 0.3 is 0 Å². The molecule has 0 atom stereocenters. The van der Waals surface area contributed by atoms with Crippen molar-refractivity contribution in [2.24, 2.45) is 0 Å². The summed E-state index contributed by atoms with van der Waals surface area (Å²) < 4.78 is 10.3. The number of nitrogens with zero attached hydrogens (tertiary/aromatic N) is 2. The van der Waals surface area contributed by atoms with E-state index < -0.39 is 10.8 Å². The van der Waals surface area contributed by atoms with E-state index in [1.165, 1.54) is 18.2 Å². The van der Waals surface area contributed by atoms with Crippen LogP contribution >= 0.6 is 0 Å². The minimum atomic E-state index is -0.656. The molecule has 8 heteroatoms. The van der Waals surface area contributed by atoms with E-state index in [4.69, 9.17) is 9.47 Å². The van der Waals surface area contributed by atoms with E-state index in [-0.39, 0.29) is 29.4 Å². The standard InChI is InChI=1S/C19H15N3O5/c1-11-3-4-15(12(2)5-11)21-19(23)14(9-20)6-13-7-17-18(27-10-26-17)8-16(13)22(24)25/h3-8H,10H2,1-2H3,(H,21,23)/b14-6-. The Balaban J connectivity index is 1.95. The Kier molecular flexibility index (Phi) is 4.77. The third kappa shape index (κ3) is 3.72. The predicted octanol–water partition coefficient (Wildman–Crippen LogP) is 3.49. The normalized spacial score (nSPS) is 12.4. The molecule has 0 aliphatic carbocycles. The van der Waals surface area contributed by atoms with Crippen LogP contribution in [-0.4, -0.2) is 17.6 Å². The molecule has 0 unspecified atom stereocenters. The fourth-order valence-electron chi connectivity index (χ4n) is 2.67. The monoisotopic (exact) mass is 365 g/mol. The average molecular weight is 365 g/mol. The second-order valence-electron chi connectivity index (χ2n) is 5.96. The molecule has 1 aliphatic heterocycles. The zero-order chi connectivity index (χ0) is 19.6. The highest BCUT2D eigenvalue weighted by Crippen LogP contribution is 2.38. The molecule has 0 saturated heterocycles. The fourth-order valence-corrected chi connectivity index (χ4v) is 2.67. The van der Waals surface area contributed by atoms with Crippen molar-refractivity contribution in [1.29, 1.82) is 5.26 Å². The first-order valence-electron chi connectivity index (χ1n) is 7.97. The number of rotatable bonds is 4. The molecule has 1 N–H and O–H groups in total. The van der Waals surface area contributed by atoms with Gasteiger partial charge in [-0.3, -0.25) is 14.9 Å². The summed E-state index contributed by atoms with van der Waals surface area (Å²) in [6.07, 6.45) is 1.17. The quantitative estimate of drug-likeness (QED) is 0.384. The molecule has 0 fully saturated rings. The van der Waals surface area contributed by atoms with Gasteiger partial charge in [-0.15, -0.1) is 0 Å². The van der Waals surface area contributed by atoms with E-state index in [1.807, 2.05) is 26.0 Å². The summed E-state index contributed by atoms with van der Waals surface area (Å²) in [7, 11) is 0. The zero-order valence-corrected chi connectivity index (χ0v) is 14.6. The molecular formula is C19H15N3O5. The Morgan fingerprint density at radius 3 is 2.59 bits per heavy atom. The third-order valence-electron chi connectivity index (χ3n) is 4.01. The maximum atomic E-state index is 12.5. The number of ether oxygens (including phenoxy) is 2. The van der Waals surface area contributed by atoms with Gasteiger partial charge in [0.1, 0.15) is 11.6 Å². The highest BCUT2D eigenvalue weighted by Gasteiger charge is 2.23. The van der Waals surface area contributed by atoms with Crippen LogP contribution in [0, 0.1) is 35.3 Å². The Morgan fingerprint density at radius 2 is 1.96 bits per heavy atom. The van der Waals surface area contributed by atoms with Gasteiger partial charge in [0, 0.05) is 5.69 Å². The van der Waals surface area contributed by atoms with E-state index >= 15 is 0 Å². The van der Waals surface area contributed by atoms with Gasteiger partial charge in [0.2, 0.25) is 6.79 Å². The number of anilines is 1. The molecule has 0 bridgehead atoms. The molecule has 1 heterocycles. The zero-order valence-electron chi connectivity index (χ0n) is 14.6. The number of benzene rings is 2. The topological polar surface area (TPSA) is 114 Å². The Labute approximate surface area is 154 Å². The lowest BCUT2D eigenvalue weighted by molar-refractivity contribution is -0.385. The number of carbonyl (C=O) groups is 1. The number of aryl methyl sites for hydroxylation is 2. The van der Waals surface area contributed by atoms with Crippen LogP contribution in [-0.2, 0) is 4.79 Å². The first-order valence-corrected chi connectivity index (χ1v) is 7.97. The van der Waals surface area contributed by atoms with Crippen LogP contribution in [0.2, 0.25) is 0 Å². The van der Waals surface area contributed by atoms with Crippen LogP contribution in [0.25, 0.3) is 6.08 Å². The number of hydrogen-bond acceptors (Lipinski definition) is 6. The molecule has 0 saturated carbocycles. The van der Waals surface area contributed by atoms with Crippen molar-refractivity contribution in [3.05, 3.63) is 62.7 Å². The van der Waals surface area contributed by atoms with Crippen molar-refractivity contribution >= 4 is 23.4 Å². The predicted molar refractivity (Wildman–Crippen MR) is 97.4 cm³/mol. The summed E-state index contributed by atoms with van der Waals surface area (Å²) in [4.78, 5) is 23.2. The van der Waals surface area contributed by atoms with Gasteiger partial charge in [0.05, 0.1) is 16.6 Å². The van der Waals surface area contributed by atoms with Crippen LogP contribution in [0.1, 0.15) is 16.7 Å². The minimum Gasteiger partial charge on any atom is -0.454 e. The summed E-state index contributed by atoms with van der Waals surface area (Å²) in [6.45, 7) is 3.72. The Hall–Kier alpha value is -3.86. The SMILES string of the molecule is Cc1ccc(NC(=O)/C(C#N)=C\c2cc3c(cc2[N+](=O)[O-])OCO3)c(C)c1. The number of nitrogens with one attached hydrogen (secondary N) is 1. The van der Waals surface area contributed by atoms with Crippen molar-refractivity contribution in [2.75, 3.05) is 12.1 Å². The van der Waals surface area contributed by atoms with Gasteiger partial charge in [-0.2, -0.15) is 5.26 Å².